The summed E-state index contributed by atoms with van der Waals surface area (Å²) >= 11 is 0. The Kier molecular flexibility index (Phi) is 8.80. The fourth-order valence-corrected chi connectivity index (χ4v) is 4.30. The number of ether oxygens (including phenoxy) is 1. The highest BCUT2D eigenvalue weighted by Gasteiger charge is 2.41. The Morgan fingerprint density at radius 2 is 1.97 bits per heavy atom. The topological polar surface area (TPSA) is 58.6 Å². The molecule has 1 aliphatic rings. The summed E-state index contributed by atoms with van der Waals surface area (Å²) in [5, 5.41) is 2.78. The Labute approximate surface area is 203 Å². The molecule has 186 valence electrons. The van der Waals surface area contributed by atoms with Crippen molar-refractivity contribution < 1.29 is 27.5 Å². The molecule has 1 fully saturated rings. The first-order valence-electron chi connectivity index (χ1n) is 11.6. The summed E-state index contributed by atoms with van der Waals surface area (Å²) in [6.45, 7) is 2.56. The summed E-state index contributed by atoms with van der Waals surface area (Å²) in [6, 6.07) is 11.6. The largest absolute Gasteiger partial charge is 0.496 e. The molecule has 2 aromatic rings. The van der Waals surface area contributed by atoms with E-state index >= 15 is 0 Å². The van der Waals surface area contributed by atoms with E-state index in [-0.39, 0.29) is 30.3 Å². The maximum absolute atomic E-state index is 13.2. The average molecular weight is 487 g/mol. The van der Waals surface area contributed by atoms with Crippen molar-refractivity contribution in [3.05, 3.63) is 65.2 Å². The molecule has 0 saturated carbocycles. The van der Waals surface area contributed by atoms with Crippen LogP contribution < -0.4 is 10.1 Å². The quantitative estimate of drug-likeness (QED) is 0.563. The molecule has 8 heteroatoms. The van der Waals surface area contributed by atoms with Crippen molar-refractivity contribution in [3.63, 3.8) is 0 Å². The number of piperidine rings is 1. The number of nitrogens with zero attached hydrogens (tertiary/aromatic N) is 1. The molecule has 1 saturated heterocycles. The summed E-state index contributed by atoms with van der Waals surface area (Å²) in [5.74, 6) is 5.25. The lowest BCUT2D eigenvalue weighted by molar-refractivity contribution is -0.143. The molecule has 1 N–H and O–H groups in total. The molecule has 0 bridgehead atoms. The number of benzene rings is 2. The number of methoxy groups -OCH3 is 1. The van der Waals surface area contributed by atoms with Gasteiger partial charge < -0.3 is 15.0 Å². The van der Waals surface area contributed by atoms with Crippen LogP contribution in [0.3, 0.4) is 0 Å². The first-order valence-corrected chi connectivity index (χ1v) is 11.6. The molecule has 2 amide bonds. The van der Waals surface area contributed by atoms with Gasteiger partial charge in [-0.3, -0.25) is 9.59 Å². The number of para-hydroxylation sites is 1. The van der Waals surface area contributed by atoms with Crippen LogP contribution >= 0.6 is 0 Å². The number of rotatable bonds is 7. The summed E-state index contributed by atoms with van der Waals surface area (Å²) in [5.41, 5.74) is 0.219. The first-order chi connectivity index (χ1) is 16.8. The van der Waals surface area contributed by atoms with Gasteiger partial charge in [-0.25, -0.2) is 0 Å². The number of carbonyl (C=O) groups is 2. The van der Waals surface area contributed by atoms with Crippen molar-refractivity contribution in [1.29, 1.82) is 0 Å². The van der Waals surface area contributed by atoms with Gasteiger partial charge in [-0.1, -0.05) is 49.5 Å². The van der Waals surface area contributed by atoms with Gasteiger partial charge in [-0.05, 0) is 37.1 Å². The highest BCUT2D eigenvalue weighted by atomic mass is 19.4. The monoisotopic (exact) mass is 486 g/mol. The molecular weight excluding hydrogens is 457 g/mol. The van der Waals surface area contributed by atoms with Gasteiger partial charge >= 0.3 is 6.18 Å². The van der Waals surface area contributed by atoms with Crippen LogP contribution in [0.4, 0.5) is 13.2 Å². The van der Waals surface area contributed by atoms with E-state index in [1.807, 2.05) is 31.2 Å². The van der Waals surface area contributed by atoms with Crippen LogP contribution in [0.5, 0.6) is 5.75 Å². The van der Waals surface area contributed by atoms with Crippen LogP contribution in [0.15, 0.2) is 48.5 Å². The van der Waals surface area contributed by atoms with Crippen molar-refractivity contribution in [1.82, 2.24) is 10.2 Å². The van der Waals surface area contributed by atoms with Crippen molar-refractivity contribution >= 4 is 11.8 Å². The Morgan fingerprint density at radius 3 is 2.69 bits per heavy atom. The van der Waals surface area contributed by atoms with Crippen molar-refractivity contribution in [2.45, 2.75) is 44.8 Å². The van der Waals surface area contributed by atoms with E-state index in [9.17, 15) is 22.8 Å². The molecule has 0 radical (unpaired) electrons. The zero-order valence-electron chi connectivity index (χ0n) is 19.8. The smallest absolute Gasteiger partial charge is 0.416 e. The number of likely N-dealkylation sites (tertiary alicyclic amines) is 1. The van der Waals surface area contributed by atoms with Gasteiger partial charge in [-0.2, -0.15) is 13.2 Å². The maximum Gasteiger partial charge on any atom is 0.416 e. The molecule has 0 aliphatic carbocycles. The third-order valence-electron chi connectivity index (χ3n) is 6.03. The Bertz CT molecular complexity index is 1100. The van der Waals surface area contributed by atoms with Crippen molar-refractivity contribution in [2.75, 3.05) is 20.2 Å². The summed E-state index contributed by atoms with van der Waals surface area (Å²) < 4.78 is 44.2. The highest BCUT2D eigenvalue weighted by molar-refractivity contribution is 5.85. The third-order valence-corrected chi connectivity index (χ3v) is 6.03. The summed E-state index contributed by atoms with van der Waals surface area (Å²) in [4.78, 5) is 27.8. The summed E-state index contributed by atoms with van der Waals surface area (Å²) in [6.07, 6.45) is -2.07. The van der Waals surface area contributed by atoms with E-state index in [0.29, 0.717) is 18.7 Å². The third kappa shape index (κ3) is 6.56. The molecule has 0 aromatic heterocycles. The number of carbonyl (C=O) groups excluding carboxylic acids is 2. The Balaban J connectivity index is 1.78. The molecule has 3 rings (SSSR count). The van der Waals surface area contributed by atoms with Crippen molar-refractivity contribution in [3.8, 4) is 17.6 Å². The molecule has 1 aliphatic heterocycles. The fraction of sp³-hybridized carbons (Fsp3) is 0.407. The second kappa shape index (κ2) is 11.8. The van der Waals surface area contributed by atoms with Crippen LogP contribution in [-0.4, -0.2) is 36.9 Å². The van der Waals surface area contributed by atoms with Crippen LogP contribution in [0.2, 0.25) is 0 Å². The number of hydrogen-bond donors (Lipinski definition) is 1. The lowest BCUT2D eigenvalue weighted by Gasteiger charge is -2.41. The minimum atomic E-state index is -4.44. The number of hydrogen-bond acceptors (Lipinski definition) is 3. The second-order valence-corrected chi connectivity index (χ2v) is 8.37. The van der Waals surface area contributed by atoms with Crippen LogP contribution in [0.25, 0.3) is 0 Å². The number of amides is 2. The first kappa shape index (κ1) is 26.1. The molecule has 0 unspecified atom stereocenters. The second-order valence-electron chi connectivity index (χ2n) is 8.37. The van der Waals surface area contributed by atoms with Gasteiger partial charge in [0.15, 0.2) is 0 Å². The molecule has 1 heterocycles. The van der Waals surface area contributed by atoms with Gasteiger partial charge in [0, 0.05) is 24.1 Å². The molecule has 5 nitrogen and oxygen atoms in total. The maximum atomic E-state index is 13.2. The van der Waals surface area contributed by atoms with Crippen LogP contribution in [0.1, 0.15) is 55.3 Å². The minimum absolute atomic E-state index is 0.00254. The van der Waals surface area contributed by atoms with E-state index in [1.165, 1.54) is 12.1 Å². The van der Waals surface area contributed by atoms with Gasteiger partial charge in [0.05, 0.1) is 31.2 Å². The SMILES string of the molecule is CCCCN1C(=O)CC[C@H](C(=O)NCC#Cc2cccc(C(F)(F)F)c2)[C@@H]1c1ccccc1OC. The van der Waals surface area contributed by atoms with Gasteiger partial charge in [0.2, 0.25) is 11.8 Å². The van der Waals surface area contributed by atoms with E-state index in [1.54, 1.807) is 12.0 Å². The minimum Gasteiger partial charge on any atom is -0.496 e. The molecular formula is C27H29F3N2O3. The van der Waals surface area contributed by atoms with Crippen LogP contribution in [0, 0.1) is 17.8 Å². The van der Waals surface area contributed by atoms with Crippen molar-refractivity contribution in [2.24, 2.45) is 5.92 Å². The Hall–Kier alpha value is -3.47. The highest BCUT2D eigenvalue weighted by Crippen LogP contribution is 2.40. The lowest BCUT2D eigenvalue weighted by Crippen LogP contribution is -2.48. The number of nitrogens with one attached hydrogen (secondary N) is 1. The molecule has 35 heavy (non-hydrogen) atoms. The lowest BCUT2D eigenvalue weighted by atomic mass is 9.83. The predicted molar refractivity (Wildman–Crippen MR) is 126 cm³/mol. The van der Waals surface area contributed by atoms with Crippen LogP contribution in [-0.2, 0) is 15.8 Å². The fourth-order valence-electron chi connectivity index (χ4n) is 4.30. The van der Waals surface area contributed by atoms with E-state index in [0.717, 1.165) is 30.5 Å². The molecule has 2 atom stereocenters. The zero-order valence-corrected chi connectivity index (χ0v) is 19.8. The van der Waals surface area contributed by atoms with Gasteiger partial charge in [-0.15, -0.1) is 0 Å². The van der Waals surface area contributed by atoms with E-state index in [4.69, 9.17) is 4.74 Å². The standard InChI is InChI=1S/C27H29F3N2O3/c1-3-4-17-32-24(33)15-14-22(25(32)21-12-5-6-13-23(21)35-2)26(34)31-16-8-10-19-9-7-11-20(18-19)27(28,29)30/h5-7,9,11-13,18,22,25H,3-4,14-17H2,1-2H3,(H,31,34)/t22-,25-/m0/s1. The zero-order chi connectivity index (χ0) is 25.4. The Morgan fingerprint density at radius 1 is 1.20 bits per heavy atom. The summed E-state index contributed by atoms with van der Waals surface area (Å²) in [7, 11) is 1.55. The molecule has 2 aromatic carbocycles. The number of unbranched alkanes of at least 4 members (excludes halogenated alkanes) is 1. The number of halogens is 3. The van der Waals surface area contributed by atoms with E-state index in [2.05, 4.69) is 17.2 Å². The van der Waals surface area contributed by atoms with Gasteiger partial charge in [0.25, 0.3) is 0 Å². The van der Waals surface area contributed by atoms with Gasteiger partial charge in [0.1, 0.15) is 5.75 Å². The normalized spacial score (nSPS) is 18.0. The molecule has 0 spiro atoms. The predicted octanol–water partition coefficient (Wildman–Crippen LogP) is 4.96. The number of alkyl halides is 3. The van der Waals surface area contributed by atoms with E-state index < -0.39 is 23.7 Å². The average Bonchev–Trinajstić information content (AvgIpc) is 2.85.